The minimum Gasteiger partial charge on any atom is -0.465 e. The summed E-state index contributed by atoms with van der Waals surface area (Å²) in [6.45, 7) is 4.63. The fraction of sp³-hybridized carbons (Fsp3) is 0.917. The summed E-state index contributed by atoms with van der Waals surface area (Å²) in [7, 11) is 0. The van der Waals surface area contributed by atoms with E-state index in [9.17, 15) is 4.79 Å². The molecule has 0 aromatic carbocycles. The normalized spacial score (nSPS) is 21.3. The number of piperidine rings is 1. The van der Waals surface area contributed by atoms with Crippen molar-refractivity contribution in [3.05, 3.63) is 0 Å². The van der Waals surface area contributed by atoms with Crippen molar-refractivity contribution >= 4 is 5.97 Å². The second kappa shape index (κ2) is 7.69. The van der Waals surface area contributed by atoms with Gasteiger partial charge in [0.2, 0.25) is 0 Å². The van der Waals surface area contributed by atoms with Crippen molar-refractivity contribution in [2.45, 2.75) is 45.4 Å². The van der Waals surface area contributed by atoms with E-state index in [0.29, 0.717) is 6.61 Å². The van der Waals surface area contributed by atoms with Crippen LogP contribution in [-0.4, -0.2) is 25.7 Å². The highest BCUT2D eigenvalue weighted by Gasteiger charge is 2.21. The van der Waals surface area contributed by atoms with Crippen LogP contribution in [0.15, 0.2) is 0 Å². The fourth-order valence-electron chi connectivity index (χ4n) is 1.87. The smallest absolute Gasteiger partial charge is 0.310 e. The van der Waals surface area contributed by atoms with E-state index in [1.807, 2.05) is 0 Å². The molecule has 1 rings (SSSR count). The van der Waals surface area contributed by atoms with E-state index in [1.54, 1.807) is 0 Å². The molecule has 0 saturated carbocycles. The molecular formula is C12H23NO2. The monoisotopic (exact) mass is 213 g/mol. The van der Waals surface area contributed by atoms with E-state index in [-0.39, 0.29) is 11.9 Å². The second-order valence-electron chi connectivity index (χ2n) is 4.27. The van der Waals surface area contributed by atoms with Crippen LogP contribution in [0.2, 0.25) is 0 Å². The van der Waals surface area contributed by atoms with Crippen LogP contribution < -0.4 is 5.32 Å². The first-order chi connectivity index (χ1) is 7.34. The van der Waals surface area contributed by atoms with Crippen molar-refractivity contribution < 1.29 is 9.53 Å². The van der Waals surface area contributed by atoms with Crippen LogP contribution in [0.5, 0.6) is 0 Å². The number of hydrogen-bond donors (Lipinski definition) is 1. The molecule has 1 saturated heterocycles. The maximum absolute atomic E-state index is 11.6. The molecule has 88 valence electrons. The molecule has 0 unspecified atom stereocenters. The van der Waals surface area contributed by atoms with Crippen molar-refractivity contribution in [1.82, 2.24) is 5.32 Å². The van der Waals surface area contributed by atoms with Gasteiger partial charge in [-0.3, -0.25) is 4.79 Å². The van der Waals surface area contributed by atoms with Crippen molar-refractivity contribution in [1.29, 1.82) is 0 Å². The van der Waals surface area contributed by atoms with E-state index in [0.717, 1.165) is 32.4 Å². The van der Waals surface area contributed by atoms with Crippen LogP contribution in [0.1, 0.15) is 45.4 Å². The maximum Gasteiger partial charge on any atom is 0.310 e. The van der Waals surface area contributed by atoms with Crippen LogP contribution in [0.25, 0.3) is 0 Å². The van der Waals surface area contributed by atoms with Crippen molar-refractivity contribution in [3.63, 3.8) is 0 Å². The molecule has 3 nitrogen and oxygen atoms in total. The van der Waals surface area contributed by atoms with E-state index in [4.69, 9.17) is 4.74 Å². The van der Waals surface area contributed by atoms with Crippen LogP contribution in [0.4, 0.5) is 0 Å². The summed E-state index contributed by atoms with van der Waals surface area (Å²) in [5.74, 6) is 0.101. The number of ether oxygens (including phenoxy) is 1. The first-order valence-electron chi connectivity index (χ1n) is 6.22. The maximum atomic E-state index is 11.6. The number of rotatable bonds is 6. The van der Waals surface area contributed by atoms with Gasteiger partial charge in [0.05, 0.1) is 12.5 Å². The molecule has 3 heteroatoms. The zero-order valence-electron chi connectivity index (χ0n) is 9.76. The number of carbonyl (C=O) groups is 1. The van der Waals surface area contributed by atoms with Gasteiger partial charge in [0, 0.05) is 6.54 Å². The summed E-state index contributed by atoms with van der Waals surface area (Å²) in [6, 6.07) is 0. The third kappa shape index (κ3) is 5.17. The van der Waals surface area contributed by atoms with Gasteiger partial charge in [0.25, 0.3) is 0 Å². The summed E-state index contributed by atoms with van der Waals surface area (Å²) in [5.41, 5.74) is 0. The Hall–Kier alpha value is -0.570. The average molecular weight is 213 g/mol. The third-order valence-corrected chi connectivity index (χ3v) is 2.87. The van der Waals surface area contributed by atoms with Crippen LogP contribution in [-0.2, 0) is 9.53 Å². The van der Waals surface area contributed by atoms with Gasteiger partial charge < -0.3 is 10.1 Å². The molecule has 1 heterocycles. The Morgan fingerprint density at radius 2 is 2.27 bits per heavy atom. The Kier molecular flexibility index (Phi) is 6.41. The number of unbranched alkanes of at least 4 members (excludes halogenated alkanes) is 3. The van der Waals surface area contributed by atoms with Gasteiger partial charge >= 0.3 is 5.97 Å². The molecule has 15 heavy (non-hydrogen) atoms. The average Bonchev–Trinajstić information content (AvgIpc) is 2.30. The van der Waals surface area contributed by atoms with E-state index in [1.165, 1.54) is 19.3 Å². The molecule has 0 aliphatic carbocycles. The van der Waals surface area contributed by atoms with Gasteiger partial charge in [0.1, 0.15) is 0 Å². The lowest BCUT2D eigenvalue weighted by Crippen LogP contribution is -2.35. The quantitative estimate of drug-likeness (QED) is 0.542. The Balaban J connectivity index is 2.02. The molecule has 1 fully saturated rings. The highest BCUT2D eigenvalue weighted by atomic mass is 16.5. The Morgan fingerprint density at radius 1 is 1.40 bits per heavy atom. The predicted molar refractivity (Wildman–Crippen MR) is 60.7 cm³/mol. The fourth-order valence-corrected chi connectivity index (χ4v) is 1.87. The van der Waals surface area contributed by atoms with Crippen LogP contribution >= 0.6 is 0 Å². The standard InChI is InChI=1S/C12H23NO2/c1-2-3-4-5-9-15-12(14)11-7-6-8-13-10-11/h11,13H,2-10H2,1H3/t11-/m0/s1. The number of esters is 1. The molecule has 0 amide bonds. The number of nitrogens with one attached hydrogen (secondary N) is 1. The van der Waals surface area contributed by atoms with Crippen molar-refractivity contribution in [2.24, 2.45) is 5.92 Å². The van der Waals surface area contributed by atoms with Gasteiger partial charge in [0.15, 0.2) is 0 Å². The topological polar surface area (TPSA) is 38.3 Å². The SMILES string of the molecule is CCCCCCOC(=O)[C@H]1CCCNC1. The van der Waals surface area contributed by atoms with Gasteiger partial charge in [-0.2, -0.15) is 0 Å². The molecule has 0 radical (unpaired) electrons. The summed E-state index contributed by atoms with van der Waals surface area (Å²) in [5, 5.41) is 3.23. The summed E-state index contributed by atoms with van der Waals surface area (Å²) in [6.07, 6.45) is 6.73. The van der Waals surface area contributed by atoms with Crippen molar-refractivity contribution in [3.8, 4) is 0 Å². The third-order valence-electron chi connectivity index (χ3n) is 2.87. The zero-order valence-corrected chi connectivity index (χ0v) is 9.76. The molecule has 0 bridgehead atoms. The van der Waals surface area contributed by atoms with E-state index in [2.05, 4.69) is 12.2 Å². The van der Waals surface area contributed by atoms with Gasteiger partial charge in [-0.25, -0.2) is 0 Å². The largest absolute Gasteiger partial charge is 0.465 e. The molecule has 0 aromatic rings. The van der Waals surface area contributed by atoms with Gasteiger partial charge in [-0.05, 0) is 25.8 Å². The number of carbonyl (C=O) groups excluding carboxylic acids is 1. The molecule has 1 atom stereocenters. The summed E-state index contributed by atoms with van der Waals surface area (Å²) in [4.78, 5) is 11.6. The molecule has 1 aliphatic rings. The lowest BCUT2D eigenvalue weighted by molar-refractivity contribution is -0.149. The lowest BCUT2D eigenvalue weighted by atomic mass is 10.0. The minimum absolute atomic E-state index is 0.00121. The van der Waals surface area contributed by atoms with Gasteiger partial charge in [-0.15, -0.1) is 0 Å². The second-order valence-corrected chi connectivity index (χ2v) is 4.27. The molecule has 1 aliphatic heterocycles. The Bertz CT molecular complexity index is 176. The number of hydrogen-bond acceptors (Lipinski definition) is 3. The lowest BCUT2D eigenvalue weighted by Gasteiger charge is -2.21. The summed E-state index contributed by atoms with van der Waals surface area (Å²) >= 11 is 0. The highest BCUT2D eigenvalue weighted by molar-refractivity contribution is 5.72. The molecule has 0 spiro atoms. The predicted octanol–water partition coefficient (Wildman–Crippen LogP) is 2.11. The van der Waals surface area contributed by atoms with Crippen molar-refractivity contribution in [2.75, 3.05) is 19.7 Å². The van der Waals surface area contributed by atoms with Crippen LogP contribution in [0, 0.1) is 5.92 Å². The molecule has 1 N–H and O–H groups in total. The van der Waals surface area contributed by atoms with Gasteiger partial charge in [-0.1, -0.05) is 26.2 Å². The van der Waals surface area contributed by atoms with E-state index < -0.39 is 0 Å². The Morgan fingerprint density at radius 3 is 2.93 bits per heavy atom. The highest BCUT2D eigenvalue weighted by Crippen LogP contribution is 2.12. The zero-order chi connectivity index (χ0) is 10.9. The minimum atomic E-state index is -0.00121. The Labute approximate surface area is 92.6 Å². The first kappa shape index (κ1) is 12.5. The van der Waals surface area contributed by atoms with Crippen LogP contribution in [0.3, 0.4) is 0 Å². The molecule has 0 aromatic heterocycles. The summed E-state index contributed by atoms with van der Waals surface area (Å²) < 4.78 is 5.25. The van der Waals surface area contributed by atoms with E-state index >= 15 is 0 Å². The molecular weight excluding hydrogens is 190 g/mol. The first-order valence-corrected chi connectivity index (χ1v) is 6.22.